The quantitative estimate of drug-likeness (QED) is 0.902. The van der Waals surface area contributed by atoms with Crippen molar-refractivity contribution in [3.05, 3.63) is 36.2 Å². The van der Waals surface area contributed by atoms with E-state index in [1.807, 2.05) is 11.9 Å². The normalized spacial score (nSPS) is 18.2. The Bertz CT molecular complexity index is 688. The van der Waals surface area contributed by atoms with Gasteiger partial charge in [0.25, 0.3) is 0 Å². The summed E-state index contributed by atoms with van der Waals surface area (Å²) in [5, 5.41) is 11.1. The smallest absolute Gasteiger partial charge is 0.406 e. The van der Waals surface area contributed by atoms with Crippen LogP contribution < -0.4 is 15.0 Å². The molecule has 1 saturated heterocycles. The average Bonchev–Trinajstić information content (AvgIpc) is 3.12. The van der Waals surface area contributed by atoms with Gasteiger partial charge in [-0.15, -0.1) is 18.3 Å². The fourth-order valence-electron chi connectivity index (χ4n) is 2.76. The minimum absolute atomic E-state index is 0.197. The van der Waals surface area contributed by atoms with Crippen LogP contribution in [0.2, 0.25) is 0 Å². The number of nitrogens with zero attached hydrogens (tertiary/aromatic N) is 4. The highest BCUT2D eigenvalue weighted by Crippen LogP contribution is 2.28. The van der Waals surface area contributed by atoms with Crippen molar-refractivity contribution >= 4 is 5.69 Å². The van der Waals surface area contributed by atoms with Crippen molar-refractivity contribution in [1.29, 1.82) is 0 Å². The molecule has 1 fully saturated rings. The van der Waals surface area contributed by atoms with Crippen LogP contribution in [0.5, 0.6) is 5.75 Å². The lowest BCUT2D eigenvalue weighted by Crippen LogP contribution is -2.32. The molecule has 1 aromatic carbocycles. The van der Waals surface area contributed by atoms with Gasteiger partial charge in [0.05, 0.1) is 11.9 Å². The summed E-state index contributed by atoms with van der Waals surface area (Å²) in [4.78, 5) is 2.04. The van der Waals surface area contributed by atoms with E-state index in [4.69, 9.17) is 0 Å². The summed E-state index contributed by atoms with van der Waals surface area (Å²) in [6, 6.07) is 6.33. The molecule has 24 heavy (non-hydrogen) atoms. The molecular formula is C15H18F3N5O. The number of hydrogen-bond donors (Lipinski definition) is 1. The highest BCUT2D eigenvalue weighted by Gasteiger charge is 2.31. The molecule has 1 aromatic heterocycles. The monoisotopic (exact) mass is 341 g/mol. The van der Waals surface area contributed by atoms with Crippen LogP contribution in [-0.2, 0) is 13.6 Å². The predicted molar refractivity (Wildman–Crippen MR) is 81.6 cm³/mol. The van der Waals surface area contributed by atoms with Crippen LogP contribution >= 0.6 is 0 Å². The van der Waals surface area contributed by atoms with Crippen LogP contribution in [0.4, 0.5) is 18.9 Å². The third kappa shape index (κ3) is 4.16. The number of rotatable bonds is 5. The van der Waals surface area contributed by atoms with Crippen molar-refractivity contribution < 1.29 is 17.9 Å². The zero-order valence-corrected chi connectivity index (χ0v) is 13.1. The molecule has 130 valence electrons. The van der Waals surface area contributed by atoms with E-state index in [0.29, 0.717) is 6.54 Å². The van der Waals surface area contributed by atoms with E-state index in [1.165, 1.54) is 12.1 Å². The van der Waals surface area contributed by atoms with Crippen molar-refractivity contribution in [2.75, 3.05) is 18.0 Å². The fourth-order valence-corrected chi connectivity index (χ4v) is 2.76. The van der Waals surface area contributed by atoms with Crippen LogP contribution in [0.15, 0.2) is 30.5 Å². The highest BCUT2D eigenvalue weighted by molar-refractivity contribution is 5.51. The van der Waals surface area contributed by atoms with Gasteiger partial charge in [-0.25, -0.2) is 0 Å². The molecule has 1 aliphatic heterocycles. The predicted octanol–water partition coefficient (Wildman–Crippen LogP) is 2.08. The third-order valence-electron chi connectivity index (χ3n) is 3.98. The molecule has 0 saturated carbocycles. The number of aryl methyl sites for hydroxylation is 1. The lowest BCUT2D eigenvalue weighted by molar-refractivity contribution is -0.274. The number of halogens is 3. The number of ether oxygens (including phenoxy) is 1. The van der Waals surface area contributed by atoms with Crippen molar-refractivity contribution in [2.45, 2.75) is 25.4 Å². The molecule has 0 spiro atoms. The maximum atomic E-state index is 12.3. The second kappa shape index (κ2) is 6.68. The molecule has 1 N–H and O–H groups in total. The first-order chi connectivity index (χ1) is 11.4. The number of aromatic nitrogens is 3. The maximum Gasteiger partial charge on any atom is 0.573 e. The molecule has 6 nitrogen and oxygen atoms in total. The van der Waals surface area contributed by atoms with Gasteiger partial charge in [-0.1, -0.05) is 11.3 Å². The van der Waals surface area contributed by atoms with Gasteiger partial charge in [-0.2, -0.15) is 0 Å². The topological polar surface area (TPSA) is 55.2 Å². The van der Waals surface area contributed by atoms with E-state index in [1.54, 1.807) is 23.0 Å². The standard InChI is InChI=1S/C15H18F3N5O/c1-22-13(9-20-21-22)8-19-11-5-6-23(10-11)12-3-2-4-14(7-12)24-15(16,17)18/h2-4,7,9,11,19H,5-6,8,10H2,1H3/t11-/m1/s1. The molecule has 0 unspecified atom stereocenters. The number of anilines is 1. The second-order valence-electron chi connectivity index (χ2n) is 5.71. The molecule has 2 heterocycles. The average molecular weight is 341 g/mol. The summed E-state index contributed by atoms with van der Waals surface area (Å²) in [5.41, 5.74) is 1.71. The van der Waals surface area contributed by atoms with Crippen LogP contribution in [0.25, 0.3) is 0 Å². The van der Waals surface area contributed by atoms with E-state index in [9.17, 15) is 13.2 Å². The minimum atomic E-state index is -4.68. The first-order valence-electron chi connectivity index (χ1n) is 7.58. The summed E-state index contributed by atoms with van der Waals surface area (Å²) in [6.07, 6.45) is -2.06. The minimum Gasteiger partial charge on any atom is -0.406 e. The van der Waals surface area contributed by atoms with Crippen molar-refractivity contribution in [3.8, 4) is 5.75 Å². The van der Waals surface area contributed by atoms with E-state index < -0.39 is 6.36 Å². The van der Waals surface area contributed by atoms with Gasteiger partial charge >= 0.3 is 6.36 Å². The highest BCUT2D eigenvalue weighted by atomic mass is 19.4. The molecular weight excluding hydrogens is 323 g/mol. The van der Waals surface area contributed by atoms with Crippen molar-refractivity contribution in [2.24, 2.45) is 7.05 Å². The van der Waals surface area contributed by atoms with E-state index in [-0.39, 0.29) is 11.8 Å². The number of nitrogens with one attached hydrogen (secondary N) is 1. The SMILES string of the molecule is Cn1nncc1CN[C@@H]1CCN(c2cccc(OC(F)(F)F)c2)C1. The Labute approximate surface area is 137 Å². The summed E-state index contributed by atoms with van der Waals surface area (Å²) in [6.45, 7) is 2.15. The van der Waals surface area contributed by atoms with Crippen molar-refractivity contribution in [1.82, 2.24) is 20.3 Å². The molecule has 1 aliphatic rings. The van der Waals surface area contributed by atoms with Gasteiger partial charge in [0.15, 0.2) is 0 Å². The third-order valence-corrected chi connectivity index (χ3v) is 3.98. The lowest BCUT2D eigenvalue weighted by atomic mass is 10.2. The molecule has 0 aliphatic carbocycles. The molecule has 0 amide bonds. The summed E-state index contributed by atoms with van der Waals surface area (Å²) < 4.78 is 42.7. The Morgan fingerprint density at radius 3 is 2.92 bits per heavy atom. The van der Waals surface area contributed by atoms with E-state index in [0.717, 1.165) is 30.9 Å². The fraction of sp³-hybridized carbons (Fsp3) is 0.467. The van der Waals surface area contributed by atoms with Crippen LogP contribution in [-0.4, -0.2) is 40.5 Å². The van der Waals surface area contributed by atoms with Gasteiger partial charge < -0.3 is 15.0 Å². The van der Waals surface area contributed by atoms with Crippen LogP contribution in [0.1, 0.15) is 12.1 Å². The van der Waals surface area contributed by atoms with Gasteiger partial charge in [-0.3, -0.25) is 4.68 Å². The molecule has 9 heteroatoms. The molecule has 1 atom stereocenters. The molecule has 3 rings (SSSR count). The zero-order chi connectivity index (χ0) is 17.2. The Kier molecular flexibility index (Phi) is 4.61. The van der Waals surface area contributed by atoms with Crippen LogP contribution in [0.3, 0.4) is 0 Å². The van der Waals surface area contributed by atoms with Crippen LogP contribution in [0, 0.1) is 0 Å². The first-order valence-corrected chi connectivity index (χ1v) is 7.58. The Balaban J connectivity index is 1.57. The van der Waals surface area contributed by atoms with Gasteiger partial charge in [0.2, 0.25) is 0 Å². The van der Waals surface area contributed by atoms with E-state index >= 15 is 0 Å². The van der Waals surface area contributed by atoms with Gasteiger partial charge in [0.1, 0.15) is 5.75 Å². The van der Waals surface area contributed by atoms with Gasteiger partial charge in [0, 0.05) is 44.5 Å². The Hall–Kier alpha value is -2.29. The number of benzene rings is 1. The largest absolute Gasteiger partial charge is 0.573 e. The summed E-state index contributed by atoms with van der Waals surface area (Å²) in [5.74, 6) is -0.197. The molecule has 0 bridgehead atoms. The molecule has 2 aromatic rings. The number of alkyl halides is 3. The lowest BCUT2D eigenvalue weighted by Gasteiger charge is -2.20. The van der Waals surface area contributed by atoms with Gasteiger partial charge in [-0.05, 0) is 18.6 Å². The van der Waals surface area contributed by atoms with E-state index in [2.05, 4.69) is 20.4 Å². The summed E-state index contributed by atoms with van der Waals surface area (Å²) >= 11 is 0. The second-order valence-corrected chi connectivity index (χ2v) is 5.71. The maximum absolute atomic E-state index is 12.3. The first kappa shape index (κ1) is 16.6. The summed E-state index contributed by atoms with van der Waals surface area (Å²) in [7, 11) is 1.83. The number of hydrogen-bond acceptors (Lipinski definition) is 5. The zero-order valence-electron chi connectivity index (χ0n) is 13.1. The molecule has 0 radical (unpaired) electrons. The van der Waals surface area contributed by atoms with Crippen molar-refractivity contribution in [3.63, 3.8) is 0 Å². The Morgan fingerprint density at radius 2 is 2.21 bits per heavy atom. The Morgan fingerprint density at radius 1 is 1.38 bits per heavy atom.